The SMILES string of the molecule is N#Cc1cccc(-n2cnc3ccccc32)c1C#N. The lowest BCUT2D eigenvalue weighted by Crippen LogP contribution is -1.98. The van der Waals surface area contributed by atoms with E-state index in [2.05, 4.69) is 11.1 Å². The first-order valence-corrected chi connectivity index (χ1v) is 5.71. The number of imidazole rings is 1. The monoisotopic (exact) mass is 244 g/mol. The standard InChI is InChI=1S/C15H8N4/c16-8-11-4-3-7-14(12(11)9-17)19-10-18-13-5-1-2-6-15(13)19/h1-7,10H. The van der Waals surface area contributed by atoms with Gasteiger partial charge in [0.2, 0.25) is 0 Å². The fraction of sp³-hybridized carbons (Fsp3) is 0. The summed E-state index contributed by atoms with van der Waals surface area (Å²) in [4.78, 5) is 4.30. The van der Waals surface area contributed by atoms with E-state index in [9.17, 15) is 5.26 Å². The molecule has 0 unspecified atom stereocenters. The number of aromatic nitrogens is 2. The number of nitriles is 2. The molecule has 0 saturated heterocycles. The topological polar surface area (TPSA) is 65.4 Å². The lowest BCUT2D eigenvalue weighted by Gasteiger charge is -2.07. The molecule has 4 heteroatoms. The van der Waals surface area contributed by atoms with Gasteiger partial charge in [-0.05, 0) is 24.3 Å². The van der Waals surface area contributed by atoms with Gasteiger partial charge in [0, 0.05) is 0 Å². The minimum Gasteiger partial charge on any atom is -0.297 e. The van der Waals surface area contributed by atoms with Gasteiger partial charge in [-0.25, -0.2) is 4.98 Å². The van der Waals surface area contributed by atoms with Gasteiger partial charge >= 0.3 is 0 Å². The summed E-state index contributed by atoms with van der Waals surface area (Å²) < 4.78 is 1.83. The first-order valence-electron chi connectivity index (χ1n) is 5.71. The smallest absolute Gasteiger partial charge is 0.103 e. The minimum absolute atomic E-state index is 0.369. The van der Waals surface area contributed by atoms with Gasteiger partial charge < -0.3 is 0 Å². The fourth-order valence-corrected chi connectivity index (χ4v) is 2.10. The third kappa shape index (κ3) is 1.64. The summed E-state index contributed by atoms with van der Waals surface area (Å²) in [6.07, 6.45) is 1.67. The van der Waals surface area contributed by atoms with E-state index in [0.717, 1.165) is 11.0 Å². The second kappa shape index (κ2) is 4.29. The van der Waals surface area contributed by atoms with Crippen molar-refractivity contribution in [3.63, 3.8) is 0 Å². The van der Waals surface area contributed by atoms with E-state index in [1.54, 1.807) is 18.5 Å². The molecule has 0 aliphatic carbocycles. The van der Waals surface area contributed by atoms with E-state index in [4.69, 9.17) is 5.26 Å². The molecule has 0 saturated carbocycles. The second-order valence-electron chi connectivity index (χ2n) is 4.03. The zero-order chi connectivity index (χ0) is 13.2. The Hall–Kier alpha value is -3.11. The number of hydrogen-bond donors (Lipinski definition) is 0. The quantitative estimate of drug-likeness (QED) is 0.661. The molecular formula is C15H8N4. The summed E-state index contributed by atoms with van der Waals surface area (Å²) >= 11 is 0. The number of rotatable bonds is 1. The van der Waals surface area contributed by atoms with E-state index < -0.39 is 0 Å². The zero-order valence-corrected chi connectivity index (χ0v) is 9.91. The summed E-state index contributed by atoms with van der Waals surface area (Å²) in [5.41, 5.74) is 3.18. The Morgan fingerprint density at radius 3 is 2.58 bits per heavy atom. The maximum absolute atomic E-state index is 9.27. The third-order valence-corrected chi connectivity index (χ3v) is 2.99. The molecule has 0 aliphatic rings. The number of hydrogen-bond acceptors (Lipinski definition) is 3. The molecule has 0 aliphatic heterocycles. The van der Waals surface area contributed by atoms with E-state index in [-0.39, 0.29) is 0 Å². The van der Waals surface area contributed by atoms with Crippen LogP contribution in [0.4, 0.5) is 0 Å². The van der Waals surface area contributed by atoms with Gasteiger partial charge in [0.25, 0.3) is 0 Å². The highest BCUT2D eigenvalue weighted by Gasteiger charge is 2.11. The average Bonchev–Trinajstić information content (AvgIpc) is 2.90. The van der Waals surface area contributed by atoms with Crippen LogP contribution in [-0.4, -0.2) is 9.55 Å². The number of para-hydroxylation sites is 2. The maximum atomic E-state index is 9.27. The van der Waals surface area contributed by atoms with Gasteiger partial charge in [-0.1, -0.05) is 18.2 Å². The molecule has 0 bridgehead atoms. The van der Waals surface area contributed by atoms with Crippen molar-refractivity contribution in [2.45, 2.75) is 0 Å². The fourth-order valence-electron chi connectivity index (χ4n) is 2.10. The van der Waals surface area contributed by atoms with E-state index >= 15 is 0 Å². The second-order valence-corrected chi connectivity index (χ2v) is 4.03. The van der Waals surface area contributed by atoms with Crippen LogP contribution >= 0.6 is 0 Å². The first-order chi connectivity index (χ1) is 9.35. The Morgan fingerprint density at radius 1 is 0.947 bits per heavy atom. The molecule has 0 atom stereocenters. The molecule has 0 amide bonds. The average molecular weight is 244 g/mol. The van der Waals surface area contributed by atoms with Gasteiger partial charge in [0.05, 0.1) is 27.8 Å². The van der Waals surface area contributed by atoms with Crippen molar-refractivity contribution in [2.75, 3.05) is 0 Å². The van der Waals surface area contributed by atoms with Crippen molar-refractivity contribution < 1.29 is 0 Å². The maximum Gasteiger partial charge on any atom is 0.103 e. The number of benzene rings is 2. The van der Waals surface area contributed by atoms with Crippen LogP contribution in [0.3, 0.4) is 0 Å². The molecule has 3 rings (SSSR count). The summed E-state index contributed by atoms with van der Waals surface area (Å²) in [7, 11) is 0. The summed E-state index contributed by atoms with van der Waals surface area (Å²) in [6.45, 7) is 0. The zero-order valence-electron chi connectivity index (χ0n) is 9.91. The Labute approximate surface area is 109 Å². The van der Waals surface area contributed by atoms with E-state index in [1.165, 1.54) is 0 Å². The number of fused-ring (bicyclic) bond motifs is 1. The number of nitrogens with zero attached hydrogens (tertiary/aromatic N) is 4. The Balaban J connectivity index is 2.35. The molecule has 0 spiro atoms. The third-order valence-electron chi connectivity index (χ3n) is 2.99. The van der Waals surface area contributed by atoms with Crippen LogP contribution in [-0.2, 0) is 0 Å². The Bertz CT molecular complexity index is 846. The van der Waals surface area contributed by atoms with Crippen molar-refractivity contribution in [2.24, 2.45) is 0 Å². The predicted molar refractivity (Wildman–Crippen MR) is 70.5 cm³/mol. The Kier molecular flexibility index (Phi) is 2.48. The summed E-state index contributed by atoms with van der Waals surface area (Å²) in [5.74, 6) is 0. The molecule has 0 fully saturated rings. The van der Waals surface area contributed by atoms with Crippen LogP contribution in [0.25, 0.3) is 16.7 Å². The van der Waals surface area contributed by atoms with Gasteiger partial charge in [-0.2, -0.15) is 10.5 Å². The van der Waals surface area contributed by atoms with E-state index in [0.29, 0.717) is 16.8 Å². The molecule has 1 aromatic heterocycles. The highest BCUT2D eigenvalue weighted by atomic mass is 15.0. The highest BCUT2D eigenvalue weighted by Crippen LogP contribution is 2.22. The van der Waals surface area contributed by atoms with Crippen LogP contribution in [0.1, 0.15) is 11.1 Å². The van der Waals surface area contributed by atoms with Crippen molar-refractivity contribution in [1.82, 2.24) is 9.55 Å². The molecule has 88 valence electrons. The molecule has 19 heavy (non-hydrogen) atoms. The molecule has 0 N–H and O–H groups in total. The molecule has 2 aromatic carbocycles. The normalized spacial score (nSPS) is 10.0. The summed E-state index contributed by atoms with van der Waals surface area (Å²) in [5, 5.41) is 18.3. The van der Waals surface area contributed by atoms with Crippen LogP contribution in [0.5, 0.6) is 0 Å². The molecule has 4 nitrogen and oxygen atoms in total. The van der Waals surface area contributed by atoms with Crippen molar-refractivity contribution in [1.29, 1.82) is 10.5 Å². The molecule has 0 radical (unpaired) electrons. The molecule has 1 heterocycles. The van der Waals surface area contributed by atoms with Gasteiger partial charge in [-0.3, -0.25) is 4.57 Å². The summed E-state index contributed by atoms with van der Waals surface area (Å²) in [6, 6.07) is 17.0. The molecular weight excluding hydrogens is 236 g/mol. The van der Waals surface area contributed by atoms with Crippen molar-refractivity contribution >= 4 is 11.0 Å². The lowest BCUT2D eigenvalue weighted by molar-refractivity contribution is 1.08. The largest absolute Gasteiger partial charge is 0.297 e. The van der Waals surface area contributed by atoms with Crippen LogP contribution in [0, 0.1) is 22.7 Å². The minimum atomic E-state index is 0.369. The van der Waals surface area contributed by atoms with E-state index in [1.807, 2.05) is 41.0 Å². The van der Waals surface area contributed by atoms with Crippen LogP contribution in [0.15, 0.2) is 48.8 Å². The lowest BCUT2D eigenvalue weighted by atomic mass is 10.1. The van der Waals surface area contributed by atoms with Gasteiger partial charge in [0.15, 0.2) is 0 Å². The van der Waals surface area contributed by atoms with Crippen molar-refractivity contribution in [3.8, 4) is 17.8 Å². The highest BCUT2D eigenvalue weighted by molar-refractivity contribution is 5.78. The molecule has 3 aromatic rings. The van der Waals surface area contributed by atoms with Crippen molar-refractivity contribution in [3.05, 3.63) is 59.9 Å². The van der Waals surface area contributed by atoms with Gasteiger partial charge in [-0.15, -0.1) is 0 Å². The predicted octanol–water partition coefficient (Wildman–Crippen LogP) is 2.77. The van der Waals surface area contributed by atoms with Crippen LogP contribution in [0.2, 0.25) is 0 Å². The van der Waals surface area contributed by atoms with Crippen LogP contribution < -0.4 is 0 Å². The van der Waals surface area contributed by atoms with Gasteiger partial charge in [0.1, 0.15) is 18.5 Å². The first kappa shape index (κ1) is 11.0. The Morgan fingerprint density at radius 2 is 1.79 bits per heavy atom.